The zero-order valence-electron chi connectivity index (χ0n) is 6.60. The molecule has 1 aromatic heterocycles. The predicted octanol–water partition coefficient (Wildman–Crippen LogP) is 1.21. The van der Waals surface area contributed by atoms with Crippen LogP contribution in [0.4, 0.5) is 5.82 Å². The molecule has 1 fully saturated rings. The van der Waals surface area contributed by atoms with Gasteiger partial charge >= 0.3 is 0 Å². The smallest absolute Gasteiger partial charge is 0.165 e. The van der Waals surface area contributed by atoms with E-state index in [1.54, 1.807) is 10.9 Å². The van der Waals surface area contributed by atoms with Crippen molar-refractivity contribution in [3.63, 3.8) is 0 Å². The summed E-state index contributed by atoms with van der Waals surface area (Å²) in [5.41, 5.74) is 5.41. The molecule has 6 heteroatoms. The first kappa shape index (κ1) is 15.7. The molecule has 84 valence electrons. The fourth-order valence-corrected chi connectivity index (χ4v) is 1.20. The van der Waals surface area contributed by atoms with E-state index in [-0.39, 0.29) is 28.3 Å². The van der Waals surface area contributed by atoms with Crippen molar-refractivity contribution in [1.82, 2.24) is 15.0 Å². The number of aromatic nitrogens is 3. The van der Waals surface area contributed by atoms with Crippen molar-refractivity contribution in [2.24, 2.45) is 0 Å². The van der Waals surface area contributed by atoms with Crippen molar-refractivity contribution in [2.45, 2.75) is 27.3 Å². The van der Waals surface area contributed by atoms with Gasteiger partial charge in [0.2, 0.25) is 0 Å². The van der Waals surface area contributed by atoms with Gasteiger partial charge in [0, 0.05) is 6.61 Å². The van der Waals surface area contributed by atoms with Crippen LogP contribution in [0.15, 0.2) is 6.20 Å². The second-order valence-electron chi connectivity index (χ2n) is 2.64. The van der Waals surface area contributed by atoms with Gasteiger partial charge in [-0.3, -0.25) is 0 Å². The van der Waals surface area contributed by atoms with Crippen molar-refractivity contribution >= 4 is 19.3 Å². The highest BCUT2D eigenvalue weighted by atomic mass is 32.1. The molecule has 0 bridgehead atoms. The van der Waals surface area contributed by atoms with E-state index in [4.69, 9.17) is 10.5 Å². The number of ether oxygens (including phenoxy) is 1. The maximum Gasteiger partial charge on any atom is 0.165 e. The topological polar surface area (TPSA) is 66.0 Å². The van der Waals surface area contributed by atoms with Gasteiger partial charge in [-0.15, -0.1) is 5.10 Å². The van der Waals surface area contributed by atoms with Crippen molar-refractivity contribution in [3.8, 4) is 0 Å². The van der Waals surface area contributed by atoms with Crippen LogP contribution < -0.4 is 5.73 Å². The molecular formula is C8H20N4OS. The Hall–Kier alpha value is -0.750. The summed E-state index contributed by atoms with van der Waals surface area (Å²) in [6.45, 7) is 1.53. The van der Waals surface area contributed by atoms with Crippen molar-refractivity contribution in [3.05, 3.63) is 6.20 Å². The standard InChI is InChI=1S/C6H10N4O.2CH4.H2S/c7-6-3-10(9-8-6)5-1-2-11-4-5;;;/h3,5H,1-2,4,7H2;2*1H4;1H2/t5-;;;/m0.../s1. The molecule has 1 saturated heterocycles. The lowest BCUT2D eigenvalue weighted by atomic mass is 10.3. The summed E-state index contributed by atoms with van der Waals surface area (Å²) < 4.78 is 6.96. The summed E-state index contributed by atoms with van der Waals surface area (Å²) in [6.07, 6.45) is 2.74. The van der Waals surface area contributed by atoms with Gasteiger partial charge in [0.25, 0.3) is 0 Å². The lowest BCUT2D eigenvalue weighted by Gasteiger charge is -2.04. The summed E-state index contributed by atoms with van der Waals surface area (Å²) in [4.78, 5) is 0. The predicted molar refractivity (Wildman–Crippen MR) is 62.8 cm³/mol. The molecule has 1 aliphatic rings. The second-order valence-corrected chi connectivity index (χ2v) is 2.64. The minimum atomic E-state index is 0. The number of anilines is 1. The molecule has 0 saturated carbocycles. The largest absolute Gasteiger partial charge is 0.381 e. The highest BCUT2D eigenvalue weighted by Gasteiger charge is 2.18. The van der Waals surface area contributed by atoms with Crippen LogP contribution in [0.2, 0.25) is 0 Å². The van der Waals surface area contributed by atoms with Gasteiger partial charge in [-0.25, -0.2) is 4.68 Å². The average molecular weight is 220 g/mol. The van der Waals surface area contributed by atoms with Crippen LogP contribution in [0.1, 0.15) is 27.3 Å². The Balaban J connectivity index is 0. The molecule has 0 aromatic carbocycles. The van der Waals surface area contributed by atoms with Crippen molar-refractivity contribution < 1.29 is 4.74 Å². The molecule has 1 aromatic rings. The number of rotatable bonds is 1. The zero-order valence-corrected chi connectivity index (χ0v) is 7.60. The van der Waals surface area contributed by atoms with Crippen molar-refractivity contribution in [1.29, 1.82) is 0 Å². The second kappa shape index (κ2) is 6.67. The molecule has 14 heavy (non-hydrogen) atoms. The quantitative estimate of drug-likeness (QED) is 0.772. The first-order valence-electron chi connectivity index (χ1n) is 3.61. The summed E-state index contributed by atoms with van der Waals surface area (Å²) in [6, 6.07) is 0.333. The van der Waals surface area contributed by atoms with Gasteiger partial charge in [0.1, 0.15) is 0 Å². The fourth-order valence-electron chi connectivity index (χ4n) is 1.20. The average Bonchev–Trinajstić information content (AvgIpc) is 2.55. The molecule has 1 atom stereocenters. The molecule has 1 aliphatic heterocycles. The van der Waals surface area contributed by atoms with E-state index >= 15 is 0 Å². The molecule has 2 rings (SSSR count). The van der Waals surface area contributed by atoms with Crippen LogP contribution in [-0.4, -0.2) is 28.2 Å². The molecule has 5 nitrogen and oxygen atoms in total. The van der Waals surface area contributed by atoms with Crippen molar-refractivity contribution in [2.75, 3.05) is 18.9 Å². The van der Waals surface area contributed by atoms with E-state index in [9.17, 15) is 0 Å². The number of nitrogen functional groups attached to an aromatic ring is 1. The van der Waals surface area contributed by atoms with Crippen LogP contribution in [-0.2, 0) is 4.74 Å². The van der Waals surface area contributed by atoms with Gasteiger partial charge in [-0.1, -0.05) is 20.1 Å². The molecule has 2 N–H and O–H groups in total. The normalized spacial score (nSPS) is 19.0. The maximum atomic E-state index is 5.41. The molecule has 0 amide bonds. The van der Waals surface area contributed by atoms with Crippen LogP contribution in [0.25, 0.3) is 0 Å². The summed E-state index contributed by atoms with van der Waals surface area (Å²) in [5, 5.41) is 7.56. The Morgan fingerprint density at radius 1 is 1.50 bits per heavy atom. The zero-order chi connectivity index (χ0) is 7.68. The van der Waals surface area contributed by atoms with E-state index in [1.807, 2.05) is 0 Å². The summed E-state index contributed by atoms with van der Waals surface area (Å²) >= 11 is 0. The van der Waals surface area contributed by atoms with E-state index in [1.165, 1.54) is 0 Å². The Morgan fingerprint density at radius 2 is 2.21 bits per heavy atom. The van der Waals surface area contributed by atoms with E-state index in [0.717, 1.165) is 19.6 Å². The maximum absolute atomic E-state index is 5.41. The number of hydrogen-bond acceptors (Lipinski definition) is 4. The summed E-state index contributed by atoms with van der Waals surface area (Å²) in [7, 11) is 0. The lowest BCUT2D eigenvalue weighted by Crippen LogP contribution is -2.08. The Bertz CT molecular complexity index is 247. The lowest BCUT2D eigenvalue weighted by molar-refractivity contribution is 0.184. The third-order valence-corrected chi connectivity index (χ3v) is 1.81. The first-order chi connectivity index (χ1) is 5.36. The number of hydrogen-bond donors (Lipinski definition) is 1. The van der Waals surface area contributed by atoms with Crippen LogP contribution in [0.3, 0.4) is 0 Å². The van der Waals surface area contributed by atoms with Gasteiger partial charge in [-0.2, -0.15) is 13.5 Å². The SMILES string of the molecule is C.C.Nc1cn([C@H]2CCOC2)nn1.S. The van der Waals surface area contributed by atoms with Crippen LogP contribution in [0, 0.1) is 0 Å². The van der Waals surface area contributed by atoms with E-state index < -0.39 is 0 Å². The third kappa shape index (κ3) is 3.19. The number of nitrogens with two attached hydrogens (primary N) is 1. The number of nitrogens with zero attached hydrogens (tertiary/aromatic N) is 3. The first-order valence-corrected chi connectivity index (χ1v) is 3.61. The monoisotopic (exact) mass is 220 g/mol. The van der Waals surface area contributed by atoms with Gasteiger partial charge < -0.3 is 10.5 Å². The molecule has 0 radical (unpaired) electrons. The Kier molecular flexibility index (Phi) is 7.48. The fraction of sp³-hybridized carbons (Fsp3) is 0.750. The summed E-state index contributed by atoms with van der Waals surface area (Å²) in [5.74, 6) is 0.469. The van der Waals surface area contributed by atoms with Gasteiger partial charge in [0.05, 0.1) is 18.8 Å². The molecular weight excluding hydrogens is 200 g/mol. The Morgan fingerprint density at radius 3 is 2.64 bits per heavy atom. The third-order valence-electron chi connectivity index (χ3n) is 1.81. The molecule has 0 spiro atoms. The molecule has 0 unspecified atom stereocenters. The minimum absolute atomic E-state index is 0. The van der Waals surface area contributed by atoms with Gasteiger partial charge in [0.15, 0.2) is 5.82 Å². The minimum Gasteiger partial charge on any atom is -0.381 e. The highest BCUT2D eigenvalue weighted by Crippen LogP contribution is 2.17. The highest BCUT2D eigenvalue weighted by molar-refractivity contribution is 7.59. The Labute approximate surface area is 92.1 Å². The molecule has 2 heterocycles. The van der Waals surface area contributed by atoms with E-state index in [0.29, 0.717) is 11.9 Å². The van der Waals surface area contributed by atoms with Crippen LogP contribution >= 0.6 is 13.5 Å². The van der Waals surface area contributed by atoms with E-state index in [2.05, 4.69) is 10.3 Å². The van der Waals surface area contributed by atoms with Gasteiger partial charge in [-0.05, 0) is 6.42 Å². The molecule has 0 aliphatic carbocycles. The van der Waals surface area contributed by atoms with Crippen LogP contribution in [0.5, 0.6) is 0 Å².